The van der Waals surface area contributed by atoms with Crippen molar-refractivity contribution in [3.05, 3.63) is 52.3 Å². The molecule has 1 aliphatic rings. The van der Waals surface area contributed by atoms with Crippen LogP contribution < -0.4 is 9.64 Å². The standard InChI is InChI=1S/C22H27BrN6O3S/c1-5-32-19-7-6-18(23)12-20(19)33(30,31)28-10-8-27(9-11-28)21-13-22(26-17(4)25-21)29-14-24-15(2)16(29)3/h6-7,12-14H,5,8-11H2,1-4H3. The number of hydrogen-bond acceptors (Lipinski definition) is 7. The van der Waals surface area contributed by atoms with E-state index in [1.165, 1.54) is 4.31 Å². The van der Waals surface area contributed by atoms with Gasteiger partial charge in [-0.1, -0.05) is 15.9 Å². The maximum absolute atomic E-state index is 13.4. The van der Waals surface area contributed by atoms with E-state index in [0.29, 0.717) is 48.8 Å². The molecule has 3 aromatic rings. The normalized spacial score (nSPS) is 15.1. The number of nitrogens with zero attached hydrogens (tertiary/aromatic N) is 6. The number of imidazole rings is 1. The number of hydrogen-bond donors (Lipinski definition) is 0. The summed E-state index contributed by atoms with van der Waals surface area (Å²) in [4.78, 5) is 15.8. The summed E-state index contributed by atoms with van der Waals surface area (Å²) in [5, 5.41) is 0. The van der Waals surface area contributed by atoms with E-state index in [1.54, 1.807) is 24.5 Å². The van der Waals surface area contributed by atoms with E-state index in [2.05, 4.69) is 35.8 Å². The molecule has 1 saturated heterocycles. The Morgan fingerprint density at radius 1 is 1.03 bits per heavy atom. The number of anilines is 1. The van der Waals surface area contributed by atoms with Gasteiger partial charge in [0.25, 0.3) is 0 Å². The molecule has 176 valence electrons. The highest BCUT2D eigenvalue weighted by atomic mass is 79.9. The lowest BCUT2D eigenvalue weighted by Crippen LogP contribution is -2.49. The Balaban J connectivity index is 1.55. The maximum Gasteiger partial charge on any atom is 0.246 e. The first-order valence-electron chi connectivity index (χ1n) is 10.7. The Hall–Kier alpha value is -2.50. The summed E-state index contributed by atoms with van der Waals surface area (Å²) in [5.74, 6) is 2.54. The lowest BCUT2D eigenvalue weighted by atomic mass is 10.3. The molecule has 0 radical (unpaired) electrons. The molecule has 9 nitrogen and oxygen atoms in total. The molecule has 33 heavy (non-hydrogen) atoms. The maximum atomic E-state index is 13.4. The van der Waals surface area contributed by atoms with E-state index >= 15 is 0 Å². The highest BCUT2D eigenvalue weighted by Crippen LogP contribution is 2.31. The molecule has 0 amide bonds. The first-order valence-corrected chi connectivity index (χ1v) is 13.0. The third kappa shape index (κ3) is 4.75. The van der Waals surface area contributed by atoms with Crippen LogP contribution in [0.1, 0.15) is 24.1 Å². The Labute approximate surface area is 202 Å². The number of ether oxygens (including phenoxy) is 1. The van der Waals surface area contributed by atoms with E-state index in [9.17, 15) is 8.42 Å². The molecule has 0 atom stereocenters. The summed E-state index contributed by atoms with van der Waals surface area (Å²) in [7, 11) is -3.70. The number of halogens is 1. The second-order valence-electron chi connectivity index (χ2n) is 7.83. The molecule has 0 unspecified atom stereocenters. The van der Waals surface area contributed by atoms with Crippen molar-refractivity contribution in [1.82, 2.24) is 23.8 Å². The van der Waals surface area contributed by atoms with Crippen LogP contribution in [0.15, 0.2) is 40.0 Å². The van der Waals surface area contributed by atoms with E-state index < -0.39 is 10.0 Å². The largest absolute Gasteiger partial charge is 0.492 e. The molecule has 0 spiro atoms. The number of rotatable bonds is 6. The second-order valence-corrected chi connectivity index (χ2v) is 10.7. The highest BCUT2D eigenvalue weighted by Gasteiger charge is 2.31. The van der Waals surface area contributed by atoms with Gasteiger partial charge in [-0.05, 0) is 45.9 Å². The monoisotopic (exact) mass is 534 g/mol. The molecule has 1 aliphatic heterocycles. The zero-order chi connectivity index (χ0) is 23.8. The van der Waals surface area contributed by atoms with Crippen LogP contribution in [0.5, 0.6) is 5.75 Å². The molecule has 11 heteroatoms. The first kappa shape index (κ1) is 23.7. The fourth-order valence-corrected chi connectivity index (χ4v) is 5.90. The van der Waals surface area contributed by atoms with Crippen molar-refractivity contribution in [3.8, 4) is 11.6 Å². The summed E-state index contributed by atoms with van der Waals surface area (Å²) in [6, 6.07) is 6.98. The summed E-state index contributed by atoms with van der Waals surface area (Å²) in [6.45, 7) is 9.79. The van der Waals surface area contributed by atoms with Gasteiger partial charge in [0.2, 0.25) is 10.0 Å². The smallest absolute Gasteiger partial charge is 0.246 e. The average molecular weight is 535 g/mol. The van der Waals surface area contributed by atoms with Crippen LogP contribution in [0.2, 0.25) is 0 Å². The highest BCUT2D eigenvalue weighted by molar-refractivity contribution is 9.10. The number of aromatic nitrogens is 4. The minimum Gasteiger partial charge on any atom is -0.492 e. The van der Waals surface area contributed by atoms with Gasteiger partial charge in [0.1, 0.15) is 34.4 Å². The summed E-state index contributed by atoms with van der Waals surface area (Å²) < 4.78 is 36.5. The van der Waals surface area contributed by atoms with Crippen LogP contribution >= 0.6 is 15.9 Å². The molecule has 2 aromatic heterocycles. The van der Waals surface area contributed by atoms with E-state index in [1.807, 2.05) is 38.3 Å². The van der Waals surface area contributed by atoms with Crippen molar-refractivity contribution in [3.63, 3.8) is 0 Å². The van der Waals surface area contributed by atoms with Gasteiger partial charge in [0, 0.05) is 42.4 Å². The Kier molecular flexibility index (Phi) is 6.73. The molecular weight excluding hydrogens is 508 g/mol. The first-order chi connectivity index (χ1) is 15.7. The third-order valence-corrected chi connectivity index (χ3v) is 8.11. The molecule has 1 aromatic carbocycles. The predicted octanol–water partition coefficient (Wildman–Crippen LogP) is 3.26. The van der Waals surface area contributed by atoms with E-state index in [-0.39, 0.29) is 4.90 Å². The van der Waals surface area contributed by atoms with Crippen molar-refractivity contribution in [2.75, 3.05) is 37.7 Å². The second kappa shape index (κ2) is 9.40. The summed E-state index contributed by atoms with van der Waals surface area (Å²) in [6.07, 6.45) is 1.76. The van der Waals surface area contributed by atoms with Gasteiger partial charge in [0.15, 0.2) is 0 Å². The molecule has 4 rings (SSSR count). The topological polar surface area (TPSA) is 93.5 Å². The number of sulfonamides is 1. The summed E-state index contributed by atoms with van der Waals surface area (Å²) >= 11 is 3.38. The van der Waals surface area contributed by atoms with Crippen LogP contribution in [0.4, 0.5) is 5.82 Å². The van der Waals surface area contributed by atoms with Crippen molar-refractivity contribution in [1.29, 1.82) is 0 Å². The van der Waals surface area contributed by atoms with Crippen LogP contribution in [0.3, 0.4) is 0 Å². The molecule has 0 aliphatic carbocycles. The van der Waals surface area contributed by atoms with Crippen molar-refractivity contribution < 1.29 is 13.2 Å². The SMILES string of the molecule is CCOc1ccc(Br)cc1S(=O)(=O)N1CCN(c2cc(-n3cnc(C)c3C)nc(C)n2)CC1. The van der Waals surface area contributed by atoms with Gasteiger partial charge in [-0.25, -0.2) is 23.4 Å². The zero-order valence-corrected chi connectivity index (χ0v) is 21.5. The van der Waals surface area contributed by atoms with Crippen molar-refractivity contribution >= 4 is 31.8 Å². The minimum absolute atomic E-state index is 0.179. The lowest BCUT2D eigenvalue weighted by molar-refractivity contribution is 0.327. The van der Waals surface area contributed by atoms with Gasteiger partial charge in [-0.3, -0.25) is 4.57 Å². The summed E-state index contributed by atoms with van der Waals surface area (Å²) in [5.41, 5.74) is 1.97. The molecule has 0 N–H and O–H groups in total. The number of piperazine rings is 1. The van der Waals surface area contributed by atoms with Gasteiger partial charge < -0.3 is 9.64 Å². The fourth-order valence-electron chi connectivity index (χ4n) is 3.81. The van der Waals surface area contributed by atoms with Crippen LogP contribution in [0, 0.1) is 20.8 Å². The van der Waals surface area contributed by atoms with Gasteiger partial charge >= 0.3 is 0 Å². The lowest BCUT2D eigenvalue weighted by Gasteiger charge is -2.35. The Morgan fingerprint density at radius 2 is 1.73 bits per heavy atom. The quantitative estimate of drug-likeness (QED) is 0.479. The van der Waals surface area contributed by atoms with Crippen LogP contribution in [-0.4, -0.2) is 65.0 Å². The molecule has 1 fully saturated rings. The van der Waals surface area contributed by atoms with E-state index in [0.717, 1.165) is 23.0 Å². The molecule has 3 heterocycles. The van der Waals surface area contributed by atoms with Crippen LogP contribution in [0.25, 0.3) is 5.82 Å². The average Bonchev–Trinajstić information content (AvgIpc) is 3.13. The van der Waals surface area contributed by atoms with Gasteiger partial charge in [0.05, 0.1) is 12.3 Å². The van der Waals surface area contributed by atoms with Crippen LogP contribution in [-0.2, 0) is 10.0 Å². The Bertz CT molecular complexity index is 1270. The molecule has 0 bridgehead atoms. The van der Waals surface area contributed by atoms with Gasteiger partial charge in [-0.15, -0.1) is 0 Å². The number of aryl methyl sites for hydroxylation is 2. The Morgan fingerprint density at radius 3 is 2.36 bits per heavy atom. The fraction of sp³-hybridized carbons (Fsp3) is 0.409. The zero-order valence-electron chi connectivity index (χ0n) is 19.1. The van der Waals surface area contributed by atoms with Crippen molar-refractivity contribution in [2.24, 2.45) is 0 Å². The molecule has 0 saturated carbocycles. The predicted molar refractivity (Wildman–Crippen MR) is 130 cm³/mol. The van der Waals surface area contributed by atoms with Crippen molar-refractivity contribution in [2.45, 2.75) is 32.6 Å². The number of benzene rings is 1. The third-order valence-electron chi connectivity index (χ3n) is 5.70. The minimum atomic E-state index is -3.70. The molecular formula is C22H27BrN6O3S. The van der Waals surface area contributed by atoms with E-state index in [4.69, 9.17) is 4.74 Å². The van der Waals surface area contributed by atoms with Gasteiger partial charge in [-0.2, -0.15) is 4.31 Å².